The number of nitrogens with zero attached hydrogens (tertiary/aromatic N) is 4. The van der Waals surface area contributed by atoms with Gasteiger partial charge in [-0.15, -0.1) is 0 Å². The molecule has 0 radical (unpaired) electrons. The molecule has 1 aliphatic rings. The van der Waals surface area contributed by atoms with E-state index >= 15 is 0 Å². The molecule has 3 amide bonds. The summed E-state index contributed by atoms with van der Waals surface area (Å²) < 4.78 is 28.2. The van der Waals surface area contributed by atoms with Crippen LogP contribution >= 0.6 is 23.2 Å². The van der Waals surface area contributed by atoms with E-state index in [4.69, 9.17) is 23.2 Å². The number of carbonyl (C=O) groups excluding carboxylic acids is 3. The molecular formula is C29H33Cl2N7O5S. The Hall–Kier alpha value is -3.75. The van der Waals surface area contributed by atoms with Crippen LogP contribution in [0.4, 0.5) is 11.4 Å². The van der Waals surface area contributed by atoms with Crippen molar-refractivity contribution in [2.75, 3.05) is 51.4 Å². The lowest BCUT2D eigenvalue weighted by Gasteiger charge is -2.36. The van der Waals surface area contributed by atoms with Crippen LogP contribution in [0.2, 0.25) is 10.0 Å². The Labute approximate surface area is 266 Å². The molecule has 2 aromatic carbocycles. The molecule has 0 atom stereocenters. The highest BCUT2D eigenvalue weighted by molar-refractivity contribution is 7.89. The largest absolute Gasteiger partial charge is 0.337 e. The summed E-state index contributed by atoms with van der Waals surface area (Å²) in [6.45, 7) is 0.963. The van der Waals surface area contributed by atoms with Gasteiger partial charge in [0.1, 0.15) is 0 Å². The van der Waals surface area contributed by atoms with Crippen LogP contribution in [0.15, 0.2) is 65.7 Å². The number of aromatic amines is 1. The van der Waals surface area contributed by atoms with Crippen molar-refractivity contribution in [3.05, 3.63) is 82.1 Å². The van der Waals surface area contributed by atoms with E-state index in [1.165, 1.54) is 45.7 Å². The van der Waals surface area contributed by atoms with Crippen molar-refractivity contribution in [1.29, 1.82) is 0 Å². The van der Waals surface area contributed by atoms with Crippen LogP contribution < -0.4 is 10.6 Å². The summed E-state index contributed by atoms with van der Waals surface area (Å²) in [5, 5.41) is 12.3. The Morgan fingerprint density at radius 1 is 1.05 bits per heavy atom. The first kappa shape index (κ1) is 33.1. The highest BCUT2D eigenvalue weighted by Gasteiger charge is 2.33. The lowest BCUT2D eigenvalue weighted by Crippen LogP contribution is -2.47. The summed E-state index contributed by atoms with van der Waals surface area (Å²) in [4.78, 5) is 41.9. The fraction of sp³-hybridized carbons (Fsp3) is 0.310. The molecule has 0 unspecified atom stereocenters. The number of nitrogens with one attached hydrogen (secondary N) is 3. The second-order valence-electron chi connectivity index (χ2n) is 10.4. The number of carbonyl (C=O) groups is 3. The van der Waals surface area contributed by atoms with Crippen molar-refractivity contribution in [3.63, 3.8) is 0 Å². The lowest BCUT2D eigenvalue weighted by atomic mass is 10.0. The Morgan fingerprint density at radius 3 is 2.36 bits per heavy atom. The van der Waals surface area contributed by atoms with Crippen LogP contribution in [-0.2, 0) is 14.8 Å². The summed E-state index contributed by atoms with van der Waals surface area (Å²) in [6, 6.07) is 10.5. The fourth-order valence-corrected chi connectivity index (χ4v) is 6.77. The maximum Gasteiger partial charge on any atom is 0.276 e. The van der Waals surface area contributed by atoms with E-state index in [-0.39, 0.29) is 56.9 Å². The lowest BCUT2D eigenvalue weighted by molar-refractivity contribution is -0.111. The van der Waals surface area contributed by atoms with Crippen LogP contribution in [0.5, 0.6) is 0 Å². The van der Waals surface area contributed by atoms with Gasteiger partial charge in [0.15, 0.2) is 5.69 Å². The zero-order valence-electron chi connectivity index (χ0n) is 24.4. The molecule has 2 heterocycles. The number of H-pyrrole nitrogens is 1. The molecule has 0 bridgehead atoms. The predicted octanol–water partition coefficient (Wildman–Crippen LogP) is 3.95. The van der Waals surface area contributed by atoms with Gasteiger partial charge in [0, 0.05) is 50.7 Å². The number of sulfonamides is 1. The summed E-state index contributed by atoms with van der Waals surface area (Å²) >= 11 is 12.3. The third-order valence-electron chi connectivity index (χ3n) is 7.05. The maximum absolute atomic E-state index is 13.4. The number of likely N-dealkylation sites (N-methyl/N-ethyl adjacent to an activating group) is 1. The number of aromatic nitrogens is 2. The second-order valence-corrected chi connectivity index (χ2v) is 13.2. The quantitative estimate of drug-likeness (QED) is 0.279. The standard InChI is InChI=1S/C29H33Cl2N7O5S/c1-36(2)14-6-11-25(39)33-19-7-4-8-21(17-19)44(42,43)38-15-12-20(13-16-38)37(3)29(41)27-24(18-32-35-27)34-28(40)26-22(30)9-5-10-23(26)31/h4-11,17-18,20H,12-16H2,1-3H3,(H,32,35)(H,33,39)(H,34,40)/b11-6+. The van der Waals surface area contributed by atoms with Crippen molar-refractivity contribution < 1.29 is 22.8 Å². The number of amides is 3. The summed E-state index contributed by atoms with van der Waals surface area (Å²) in [7, 11) is 1.53. The summed E-state index contributed by atoms with van der Waals surface area (Å²) in [5.74, 6) is -1.40. The van der Waals surface area contributed by atoms with Gasteiger partial charge in [-0.2, -0.15) is 9.40 Å². The van der Waals surface area contributed by atoms with Crippen molar-refractivity contribution in [2.24, 2.45) is 0 Å². The molecule has 44 heavy (non-hydrogen) atoms. The van der Waals surface area contributed by atoms with Gasteiger partial charge in [-0.05, 0) is 57.3 Å². The normalized spacial score (nSPS) is 14.6. The summed E-state index contributed by atoms with van der Waals surface area (Å²) in [6.07, 6.45) is 5.26. The Morgan fingerprint density at radius 2 is 1.70 bits per heavy atom. The van der Waals surface area contributed by atoms with Gasteiger partial charge >= 0.3 is 0 Å². The average molecular weight is 663 g/mol. The van der Waals surface area contributed by atoms with Crippen molar-refractivity contribution in [1.82, 2.24) is 24.3 Å². The van der Waals surface area contributed by atoms with Gasteiger partial charge in [-0.1, -0.05) is 41.4 Å². The van der Waals surface area contributed by atoms with E-state index in [9.17, 15) is 22.8 Å². The minimum Gasteiger partial charge on any atom is -0.337 e. The molecule has 3 N–H and O–H groups in total. The van der Waals surface area contributed by atoms with Gasteiger partial charge in [-0.3, -0.25) is 19.5 Å². The van der Waals surface area contributed by atoms with E-state index in [1.54, 1.807) is 31.3 Å². The summed E-state index contributed by atoms with van der Waals surface area (Å²) in [5.41, 5.74) is 0.587. The average Bonchev–Trinajstić information content (AvgIpc) is 3.44. The van der Waals surface area contributed by atoms with Crippen LogP contribution in [0.3, 0.4) is 0 Å². The number of anilines is 2. The molecule has 15 heteroatoms. The molecule has 1 aromatic heterocycles. The second kappa shape index (κ2) is 14.4. The molecule has 12 nitrogen and oxygen atoms in total. The first-order chi connectivity index (χ1) is 20.9. The minimum atomic E-state index is -3.85. The van der Waals surface area contributed by atoms with Gasteiger partial charge in [0.05, 0.1) is 26.2 Å². The van der Waals surface area contributed by atoms with E-state index in [0.29, 0.717) is 25.1 Å². The number of rotatable bonds is 10. The van der Waals surface area contributed by atoms with Gasteiger partial charge < -0.3 is 20.4 Å². The molecule has 0 spiro atoms. The van der Waals surface area contributed by atoms with Gasteiger partial charge in [0.2, 0.25) is 15.9 Å². The topological polar surface area (TPSA) is 148 Å². The Bertz CT molecular complexity index is 1650. The zero-order valence-corrected chi connectivity index (χ0v) is 26.7. The molecular weight excluding hydrogens is 629 g/mol. The van der Waals surface area contributed by atoms with Crippen molar-refractivity contribution in [2.45, 2.75) is 23.8 Å². The third kappa shape index (κ3) is 7.85. The van der Waals surface area contributed by atoms with E-state index < -0.39 is 21.8 Å². The van der Waals surface area contributed by atoms with Crippen molar-refractivity contribution >= 4 is 62.3 Å². The molecule has 0 saturated carbocycles. The molecule has 234 valence electrons. The molecule has 1 fully saturated rings. The number of hydrogen-bond donors (Lipinski definition) is 3. The number of benzene rings is 2. The van der Waals surface area contributed by atoms with Gasteiger partial charge in [-0.25, -0.2) is 8.42 Å². The van der Waals surface area contributed by atoms with Crippen LogP contribution in [0, 0.1) is 0 Å². The Balaban J connectivity index is 1.37. The Kier molecular flexibility index (Phi) is 10.8. The third-order valence-corrected chi connectivity index (χ3v) is 9.58. The highest BCUT2D eigenvalue weighted by atomic mass is 35.5. The van der Waals surface area contributed by atoms with Gasteiger partial charge in [0.25, 0.3) is 11.8 Å². The van der Waals surface area contributed by atoms with Crippen LogP contribution in [0.25, 0.3) is 0 Å². The smallest absolute Gasteiger partial charge is 0.276 e. The predicted molar refractivity (Wildman–Crippen MR) is 170 cm³/mol. The molecule has 3 aromatic rings. The number of hydrogen-bond acceptors (Lipinski definition) is 7. The molecule has 1 aliphatic heterocycles. The van der Waals surface area contributed by atoms with E-state index in [1.807, 2.05) is 19.0 Å². The number of piperidine rings is 1. The van der Waals surface area contributed by atoms with Crippen molar-refractivity contribution in [3.8, 4) is 0 Å². The highest BCUT2D eigenvalue weighted by Crippen LogP contribution is 2.28. The zero-order chi connectivity index (χ0) is 32.0. The number of halogens is 2. The first-order valence-corrected chi connectivity index (χ1v) is 15.9. The van der Waals surface area contributed by atoms with E-state index in [0.717, 1.165) is 0 Å². The molecule has 4 rings (SSSR count). The maximum atomic E-state index is 13.4. The first-order valence-electron chi connectivity index (χ1n) is 13.7. The SMILES string of the molecule is CN(C)C/C=C/C(=O)Nc1cccc(S(=O)(=O)N2CCC(N(C)C(=O)c3n[nH]cc3NC(=O)c3c(Cl)cccc3Cl)CC2)c1. The minimum absolute atomic E-state index is 0.00509. The molecule has 0 aliphatic carbocycles. The fourth-order valence-electron chi connectivity index (χ4n) is 4.69. The van der Waals surface area contributed by atoms with Crippen LogP contribution in [0.1, 0.15) is 33.7 Å². The monoisotopic (exact) mass is 661 g/mol. The van der Waals surface area contributed by atoms with Crippen LogP contribution in [-0.4, -0.2) is 97.3 Å². The van der Waals surface area contributed by atoms with E-state index in [2.05, 4.69) is 20.8 Å². The molecule has 1 saturated heterocycles.